The monoisotopic (exact) mass is 834 g/mol. The molecule has 0 saturated heterocycles. The Hall–Kier alpha value is -7.10. The third-order valence-corrected chi connectivity index (χ3v) is 16.6. The Morgan fingerprint density at radius 2 is 0.905 bits per heavy atom. The van der Waals surface area contributed by atoms with E-state index in [0.717, 1.165) is 0 Å². The molecule has 0 unspecified atom stereocenters. The maximum atomic E-state index is 2.48. The van der Waals surface area contributed by atoms with Gasteiger partial charge >= 0.3 is 0 Å². The lowest BCUT2D eigenvalue weighted by Crippen LogP contribution is -2.15. The molecule has 0 fully saturated rings. The summed E-state index contributed by atoms with van der Waals surface area (Å²) < 4.78 is 5.44. The summed E-state index contributed by atoms with van der Waals surface area (Å²) in [5.41, 5.74) is 13.0. The zero-order chi connectivity index (χ0) is 41.6. The maximum absolute atomic E-state index is 2.48. The first-order valence-electron chi connectivity index (χ1n) is 21.9. The molecule has 0 atom stereocenters. The summed E-state index contributed by atoms with van der Waals surface area (Å²) in [5.74, 6) is 0. The summed E-state index contributed by atoms with van der Waals surface area (Å²) in [6.07, 6.45) is 0. The highest BCUT2D eigenvalue weighted by Gasteiger charge is 2.36. The minimum absolute atomic E-state index is 0.139. The Kier molecular flexibility index (Phi) is 7.31. The number of thiophene rings is 2. The van der Waals surface area contributed by atoms with Crippen LogP contribution in [0, 0.1) is 0 Å². The summed E-state index contributed by atoms with van der Waals surface area (Å²) >= 11 is 3.85. The van der Waals surface area contributed by atoms with Crippen molar-refractivity contribution in [2.24, 2.45) is 0 Å². The largest absolute Gasteiger partial charge is 0.135 e. The zero-order valence-corrected chi connectivity index (χ0v) is 36.4. The van der Waals surface area contributed by atoms with E-state index in [9.17, 15) is 0 Å². The molecule has 1 aliphatic carbocycles. The fourth-order valence-corrected chi connectivity index (χ4v) is 13.6. The van der Waals surface area contributed by atoms with Crippen LogP contribution in [0.4, 0.5) is 0 Å². The van der Waals surface area contributed by atoms with E-state index in [2.05, 4.69) is 208 Å². The molecule has 13 aromatic rings. The standard InChI is InChI=1S/C61H38S2/c1-61(2)51-29-24-41(57-46-16-7-5-14-44(46)56(45-15-6-8-17-47(45)57)40-20-19-35-11-3-4-12-37(35)31-40)32-50(51)42-26-22-38(33-52(42)61)39-23-28-49-55(34-39)62-54-30-25-36-21-27-48-43-13-9-10-18-53(43)63-60(48)58(36)59(49)54/h3-34H,1-2H3. The molecule has 0 N–H and O–H groups in total. The van der Waals surface area contributed by atoms with E-state index in [0.29, 0.717) is 0 Å². The van der Waals surface area contributed by atoms with Crippen molar-refractivity contribution in [3.05, 3.63) is 205 Å². The third kappa shape index (κ3) is 5.02. The highest BCUT2D eigenvalue weighted by Crippen LogP contribution is 2.53. The summed E-state index contributed by atoms with van der Waals surface area (Å²) in [7, 11) is 0. The van der Waals surface area contributed by atoms with Gasteiger partial charge in [0.15, 0.2) is 0 Å². The van der Waals surface area contributed by atoms with Gasteiger partial charge in [-0.05, 0) is 130 Å². The van der Waals surface area contributed by atoms with Crippen molar-refractivity contribution in [1.29, 1.82) is 0 Å². The van der Waals surface area contributed by atoms with Crippen molar-refractivity contribution in [1.82, 2.24) is 0 Å². The summed E-state index contributed by atoms with van der Waals surface area (Å²) in [6.45, 7) is 4.80. The molecule has 294 valence electrons. The van der Waals surface area contributed by atoms with Gasteiger partial charge in [0.05, 0.1) is 0 Å². The molecular weight excluding hydrogens is 797 g/mol. The second-order valence-corrected chi connectivity index (χ2v) is 20.1. The highest BCUT2D eigenvalue weighted by atomic mass is 32.1. The van der Waals surface area contributed by atoms with Gasteiger partial charge < -0.3 is 0 Å². The lowest BCUT2D eigenvalue weighted by molar-refractivity contribution is 0.660. The molecule has 0 spiro atoms. The summed E-state index contributed by atoms with van der Waals surface area (Å²) in [6, 6.07) is 73.4. The van der Waals surface area contributed by atoms with Crippen LogP contribution in [0.3, 0.4) is 0 Å². The van der Waals surface area contributed by atoms with E-state index >= 15 is 0 Å². The van der Waals surface area contributed by atoms with Crippen LogP contribution in [0.25, 0.3) is 128 Å². The van der Waals surface area contributed by atoms with Crippen molar-refractivity contribution in [3.8, 4) is 44.5 Å². The van der Waals surface area contributed by atoms with E-state index in [-0.39, 0.29) is 5.41 Å². The van der Waals surface area contributed by atoms with E-state index in [1.54, 1.807) is 0 Å². The number of benzene rings is 11. The lowest BCUT2D eigenvalue weighted by atomic mass is 9.81. The number of hydrogen-bond donors (Lipinski definition) is 0. The molecule has 63 heavy (non-hydrogen) atoms. The summed E-state index contributed by atoms with van der Waals surface area (Å²) in [5, 5.41) is 15.8. The molecule has 0 saturated carbocycles. The van der Waals surface area contributed by atoms with Gasteiger partial charge in [0.25, 0.3) is 0 Å². The molecule has 2 heteroatoms. The molecule has 0 aliphatic heterocycles. The molecule has 0 radical (unpaired) electrons. The van der Waals surface area contributed by atoms with Crippen LogP contribution in [0.15, 0.2) is 194 Å². The molecule has 0 bridgehead atoms. The van der Waals surface area contributed by atoms with Crippen LogP contribution in [0.5, 0.6) is 0 Å². The van der Waals surface area contributed by atoms with Crippen molar-refractivity contribution in [2.45, 2.75) is 19.3 Å². The second kappa shape index (κ2) is 13.0. The number of fused-ring (bicyclic) bond motifs is 15. The average molecular weight is 835 g/mol. The Balaban J connectivity index is 0.900. The van der Waals surface area contributed by atoms with Crippen LogP contribution in [0.2, 0.25) is 0 Å². The number of rotatable bonds is 3. The van der Waals surface area contributed by atoms with Gasteiger partial charge in [-0.15, -0.1) is 22.7 Å². The van der Waals surface area contributed by atoms with Crippen LogP contribution >= 0.6 is 22.7 Å². The normalized spacial score (nSPS) is 13.4. The van der Waals surface area contributed by atoms with Crippen LogP contribution < -0.4 is 0 Å². The van der Waals surface area contributed by atoms with E-state index < -0.39 is 0 Å². The van der Waals surface area contributed by atoms with Gasteiger partial charge in [-0.1, -0.05) is 172 Å². The van der Waals surface area contributed by atoms with Gasteiger partial charge in [0.1, 0.15) is 0 Å². The molecule has 2 heterocycles. The molecular formula is C61H38S2. The van der Waals surface area contributed by atoms with Gasteiger partial charge in [-0.2, -0.15) is 0 Å². The Morgan fingerprint density at radius 3 is 1.68 bits per heavy atom. The Bertz CT molecular complexity index is 4060. The fraction of sp³-hybridized carbons (Fsp3) is 0.0492. The molecule has 0 nitrogen and oxygen atoms in total. The second-order valence-electron chi connectivity index (χ2n) is 17.9. The van der Waals surface area contributed by atoms with E-state index in [1.807, 2.05) is 22.7 Å². The average Bonchev–Trinajstić information content (AvgIpc) is 3.97. The summed E-state index contributed by atoms with van der Waals surface area (Å²) in [4.78, 5) is 0. The predicted molar refractivity (Wildman–Crippen MR) is 276 cm³/mol. The van der Waals surface area contributed by atoms with Crippen LogP contribution in [0.1, 0.15) is 25.0 Å². The predicted octanol–water partition coefficient (Wildman–Crippen LogP) is 18.3. The van der Waals surface area contributed by atoms with Crippen molar-refractivity contribution >= 4 is 106 Å². The topological polar surface area (TPSA) is 0 Å². The first-order chi connectivity index (χ1) is 31.0. The minimum atomic E-state index is -0.139. The Labute approximate surface area is 372 Å². The van der Waals surface area contributed by atoms with Crippen molar-refractivity contribution < 1.29 is 0 Å². The smallest absolute Gasteiger partial charge is 0.0440 e. The fourth-order valence-electron chi connectivity index (χ4n) is 11.2. The number of hydrogen-bond acceptors (Lipinski definition) is 2. The highest BCUT2D eigenvalue weighted by molar-refractivity contribution is 7.28. The first kappa shape index (κ1) is 35.5. The van der Waals surface area contributed by atoms with Crippen LogP contribution in [-0.4, -0.2) is 0 Å². The molecule has 2 aromatic heterocycles. The minimum Gasteiger partial charge on any atom is -0.135 e. The zero-order valence-electron chi connectivity index (χ0n) is 34.8. The maximum Gasteiger partial charge on any atom is 0.0440 e. The molecule has 11 aromatic carbocycles. The lowest BCUT2D eigenvalue weighted by Gasteiger charge is -2.22. The van der Waals surface area contributed by atoms with Gasteiger partial charge in [0, 0.05) is 51.1 Å². The van der Waals surface area contributed by atoms with Crippen molar-refractivity contribution in [3.63, 3.8) is 0 Å². The Morgan fingerprint density at radius 1 is 0.317 bits per heavy atom. The molecule has 1 aliphatic rings. The van der Waals surface area contributed by atoms with Gasteiger partial charge in [-0.3, -0.25) is 0 Å². The van der Waals surface area contributed by atoms with Gasteiger partial charge in [0.2, 0.25) is 0 Å². The molecule has 14 rings (SSSR count). The third-order valence-electron chi connectivity index (χ3n) is 14.2. The quantitative estimate of drug-likeness (QED) is 0.156. The van der Waals surface area contributed by atoms with Crippen LogP contribution in [-0.2, 0) is 5.41 Å². The molecule has 0 amide bonds. The van der Waals surface area contributed by atoms with E-state index in [1.165, 1.54) is 139 Å². The SMILES string of the molecule is CC1(C)c2ccc(-c3c4ccccc4c(-c4ccc5ccccc5c4)c4ccccc34)cc2-c2ccc(-c3ccc4c(c3)sc3ccc5ccc6c7ccccc7sc6c5c34)cc21. The van der Waals surface area contributed by atoms with Gasteiger partial charge in [-0.25, -0.2) is 0 Å². The first-order valence-corrected chi connectivity index (χ1v) is 23.5. The van der Waals surface area contributed by atoms with Crippen molar-refractivity contribution in [2.75, 3.05) is 0 Å². The van der Waals surface area contributed by atoms with E-state index in [4.69, 9.17) is 0 Å².